The van der Waals surface area contributed by atoms with Crippen LogP contribution in [0.4, 0.5) is 4.39 Å². The predicted octanol–water partition coefficient (Wildman–Crippen LogP) is 2.52. The minimum atomic E-state index is -2.23. The third-order valence-electron chi connectivity index (χ3n) is 2.12. The molecule has 0 aliphatic carbocycles. The number of hydrogen-bond donors (Lipinski definition) is 0. The van der Waals surface area contributed by atoms with Crippen molar-refractivity contribution in [3.8, 4) is 11.8 Å². The molecule has 0 aliphatic heterocycles. The van der Waals surface area contributed by atoms with Crippen LogP contribution in [0.3, 0.4) is 0 Å². The van der Waals surface area contributed by atoms with E-state index in [4.69, 9.17) is 0 Å². The molecule has 1 unspecified atom stereocenters. The van der Waals surface area contributed by atoms with Crippen LogP contribution in [-0.2, 0) is 16.0 Å². The van der Waals surface area contributed by atoms with Crippen molar-refractivity contribution < 1.29 is 13.9 Å². The molecule has 1 atom stereocenters. The number of ether oxygens (including phenoxy) is 1. The molecule has 17 heavy (non-hydrogen) atoms. The van der Waals surface area contributed by atoms with Crippen LogP contribution in [-0.4, -0.2) is 18.2 Å². The number of rotatable bonds is 3. The predicted molar refractivity (Wildman–Crippen MR) is 64.1 cm³/mol. The van der Waals surface area contributed by atoms with Gasteiger partial charge in [-0.1, -0.05) is 42.2 Å². The Morgan fingerprint density at radius 1 is 1.41 bits per heavy atom. The Bertz CT molecular complexity index is 427. The number of benzene rings is 1. The second kappa shape index (κ2) is 6.05. The molecule has 0 radical (unpaired) electrons. The maximum absolute atomic E-state index is 13.7. The number of alkyl halides is 1. The summed E-state index contributed by atoms with van der Waals surface area (Å²) in [5.41, 5.74) is -1.25. The highest BCUT2D eigenvalue weighted by Crippen LogP contribution is 2.11. The highest BCUT2D eigenvalue weighted by molar-refractivity contribution is 5.82. The van der Waals surface area contributed by atoms with E-state index < -0.39 is 11.6 Å². The summed E-state index contributed by atoms with van der Waals surface area (Å²) in [5, 5.41) is 0. The Labute approximate surface area is 101 Å². The largest absolute Gasteiger partial charge is 0.463 e. The first-order valence-corrected chi connectivity index (χ1v) is 5.46. The quantitative estimate of drug-likeness (QED) is 0.593. The fourth-order valence-electron chi connectivity index (χ4n) is 1.23. The van der Waals surface area contributed by atoms with Crippen LogP contribution in [0.25, 0.3) is 0 Å². The zero-order valence-corrected chi connectivity index (χ0v) is 10.00. The van der Waals surface area contributed by atoms with Crippen molar-refractivity contribution in [3.05, 3.63) is 35.9 Å². The molecule has 0 fully saturated rings. The van der Waals surface area contributed by atoms with Crippen molar-refractivity contribution in [2.75, 3.05) is 6.61 Å². The molecule has 0 heterocycles. The van der Waals surface area contributed by atoms with E-state index in [9.17, 15) is 9.18 Å². The van der Waals surface area contributed by atoms with Crippen molar-refractivity contribution in [3.63, 3.8) is 0 Å². The topological polar surface area (TPSA) is 26.3 Å². The molecule has 2 nitrogen and oxygen atoms in total. The molecule has 3 heteroatoms. The van der Waals surface area contributed by atoms with Gasteiger partial charge in [-0.25, -0.2) is 9.18 Å². The van der Waals surface area contributed by atoms with Crippen LogP contribution in [0.15, 0.2) is 30.3 Å². The molecule has 0 aromatic heterocycles. The Hall–Kier alpha value is -1.82. The second-order valence-corrected chi connectivity index (χ2v) is 3.69. The molecule has 0 aliphatic rings. The van der Waals surface area contributed by atoms with E-state index in [0.717, 1.165) is 12.5 Å². The Balaban J connectivity index is 2.62. The van der Waals surface area contributed by atoms with E-state index in [-0.39, 0.29) is 6.61 Å². The highest BCUT2D eigenvalue weighted by Gasteiger charge is 2.32. The van der Waals surface area contributed by atoms with Gasteiger partial charge in [-0.3, -0.25) is 0 Å². The summed E-state index contributed by atoms with van der Waals surface area (Å²) in [7, 11) is 0. The number of halogens is 1. The first-order chi connectivity index (χ1) is 8.06. The monoisotopic (exact) mass is 234 g/mol. The van der Waals surface area contributed by atoms with Gasteiger partial charge in [0.2, 0.25) is 0 Å². The number of carbonyl (C=O) groups is 1. The lowest BCUT2D eigenvalue weighted by Crippen LogP contribution is -2.30. The fraction of sp³-hybridized carbons (Fsp3) is 0.357. The van der Waals surface area contributed by atoms with E-state index in [1.807, 2.05) is 30.3 Å². The molecule has 0 amide bonds. The zero-order chi connectivity index (χ0) is 12.7. The van der Waals surface area contributed by atoms with Crippen molar-refractivity contribution in [1.29, 1.82) is 0 Å². The SMILES string of the molecule is CCOC(=O)C(C)(F)C#CCc1ccccc1. The van der Waals surface area contributed by atoms with Gasteiger partial charge in [0, 0.05) is 6.42 Å². The average Bonchev–Trinajstić information content (AvgIpc) is 2.30. The first kappa shape index (κ1) is 13.2. The summed E-state index contributed by atoms with van der Waals surface area (Å²) >= 11 is 0. The second-order valence-electron chi connectivity index (χ2n) is 3.69. The van der Waals surface area contributed by atoms with Gasteiger partial charge in [0.1, 0.15) is 0 Å². The Morgan fingerprint density at radius 2 is 2.06 bits per heavy atom. The molecular weight excluding hydrogens is 219 g/mol. The average molecular weight is 234 g/mol. The number of hydrogen-bond acceptors (Lipinski definition) is 2. The van der Waals surface area contributed by atoms with Gasteiger partial charge in [-0.05, 0) is 19.4 Å². The van der Waals surface area contributed by atoms with Crippen molar-refractivity contribution in [2.45, 2.75) is 25.9 Å². The number of carbonyl (C=O) groups excluding carboxylic acids is 1. The zero-order valence-electron chi connectivity index (χ0n) is 10.00. The smallest absolute Gasteiger partial charge is 0.356 e. The maximum Gasteiger partial charge on any atom is 0.356 e. The molecule has 90 valence electrons. The lowest BCUT2D eigenvalue weighted by atomic mass is 10.1. The van der Waals surface area contributed by atoms with Crippen LogP contribution in [0.2, 0.25) is 0 Å². The third kappa shape index (κ3) is 4.28. The van der Waals surface area contributed by atoms with Crippen LogP contribution in [0.5, 0.6) is 0 Å². The lowest BCUT2D eigenvalue weighted by molar-refractivity contribution is -0.152. The summed E-state index contributed by atoms with van der Waals surface area (Å²) in [6.07, 6.45) is 0.416. The Kier molecular flexibility index (Phi) is 4.71. The van der Waals surface area contributed by atoms with Gasteiger partial charge < -0.3 is 4.74 Å². The van der Waals surface area contributed by atoms with Gasteiger partial charge >= 0.3 is 5.97 Å². The van der Waals surface area contributed by atoms with E-state index in [1.165, 1.54) is 0 Å². The van der Waals surface area contributed by atoms with Crippen molar-refractivity contribution in [2.24, 2.45) is 0 Å². The van der Waals surface area contributed by atoms with Gasteiger partial charge in [-0.2, -0.15) is 0 Å². The van der Waals surface area contributed by atoms with Crippen molar-refractivity contribution >= 4 is 5.97 Å². The van der Waals surface area contributed by atoms with Gasteiger partial charge in [-0.15, -0.1) is 0 Å². The van der Waals surface area contributed by atoms with E-state index in [2.05, 4.69) is 16.6 Å². The van der Waals surface area contributed by atoms with Gasteiger partial charge in [0.15, 0.2) is 0 Å². The minimum absolute atomic E-state index is 0.151. The van der Waals surface area contributed by atoms with Crippen LogP contribution in [0, 0.1) is 11.8 Å². The standard InChI is InChI=1S/C14H15FO2/c1-3-17-13(16)14(2,15)11-7-10-12-8-5-4-6-9-12/h4-6,8-9H,3,10H2,1-2H3. The summed E-state index contributed by atoms with van der Waals surface area (Å²) < 4.78 is 18.3. The Morgan fingerprint density at radius 3 is 2.65 bits per heavy atom. The third-order valence-corrected chi connectivity index (χ3v) is 2.12. The summed E-state index contributed by atoms with van der Waals surface area (Å²) in [5.74, 6) is 4.03. The van der Waals surface area contributed by atoms with E-state index in [0.29, 0.717) is 6.42 Å². The molecular formula is C14H15FO2. The summed E-state index contributed by atoms with van der Waals surface area (Å²) in [6, 6.07) is 9.46. The van der Waals surface area contributed by atoms with Crippen LogP contribution in [0.1, 0.15) is 19.4 Å². The molecule has 0 bridgehead atoms. The normalized spacial score (nSPS) is 13.1. The lowest BCUT2D eigenvalue weighted by Gasteiger charge is -2.10. The van der Waals surface area contributed by atoms with Gasteiger partial charge in [0.05, 0.1) is 6.61 Å². The summed E-state index contributed by atoms with van der Waals surface area (Å²) in [6.45, 7) is 2.90. The molecule has 0 saturated heterocycles. The molecule has 1 rings (SSSR count). The molecule has 1 aromatic carbocycles. The van der Waals surface area contributed by atoms with Crippen LogP contribution >= 0.6 is 0 Å². The van der Waals surface area contributed by atoms with Gasteiger partial charge in [0.25, 0.3) is 5.67 Å². The molecule has 0 saturated carbocycles. The molecule has 1 aromatic rings. The molecule has 0 N–H and O–H groups in total. The van der Waals surface area contributed by atoms with Crippen molar-refractivity contribution in [1.82, 2.24) is 0 Å². The van der Waals surface area contributed by atoms with E-state index >= 15 is 0 Å². The first-order valence-electron chi connectivity index (χ1n) is 5.46. The fourth-order valence-corrected chi connectivity index (χ4v) is 1.23. The highest BCUT2D eigenvalue weighted by atomic mass is 19.1. The molecule has 0 spiro atoms. The van der Waals surface area contributed by atoms with Crippen LogP contribution < -0.4 is 0 Å². The maximum atomic E-state index is 13.7. The summed E-state index contributed by atoms with van der Waals surface area (Å²) in [4.78, 5) is 11.2. The van der Waals surface area contributed by atoms with E-state index in [1.54, 1.807) is 6.92 Å². The minimum Gasteiger partial charge on any atom is -0.463 e. The number of esters is 1.